The van der Waals surface area contributed by atoms with E-state index < -0.39 is 0 Å². The summed E-state index contributed by atoms with van der Waals surface area (Å²) in [7, 11) is 1.58. The Hall–Kier alpha value is -1.42. The van der Waals surface area contributed by atoms with Crippen LogP contribution in [0.25, 0.3) is 0 Å². The molecule has 0 saturated carbocycles. The van der Waals surface area contributed by atoms with Gasteiger partial charge in [-0.25, -0.2) is 0 Å². The molecular formula is C12H17N3O. The van der Waals surface area contributed by atoms with Gasteiger partial charge in [-0.3, -0.25) is 0 Å². The molecule has 0 radical (unpaired) electrons. The van der Waals surface area contributed by atoms with E-state index in [0.717, 1.165) is 18.5 Å². The predicted octanol–water partition coefficient (Wildman–Crippen LogP) is 1.99. The number of allylic oxidation sites excluding steroid dienone is 1. The van der Waals surface area contributed by atoms with Crippen LogP contribution < -0.4 is 10.5 Å². The van der Waals surface area contributed by atoms with Gasteiger partial charge in [0.2, 0.25) is 5.88 Å². The van der Waals surface area contributed by atoms with Crippen molar-refractivity contribution >= 4 is 0 Å². The van der Waals surface area contributed by atoms with Crippen molar-refractivity contribution in [3.8, 4) is 5.88 Å². The number of aromatic nitrogens is 2. The molecule has 1 heterocycles. The minimum atomic E-state index is -0.112. The Morgan fingerprint density at radius 2 is 2.19 bits per heavy atom. The Kier molecular flexibility index (Phi) is 3.51. The molecule has 2 rings (SSSR count). The topological polar surface area (TPSA) is 61.0 Å². The van der Waals surface area contributed by atoms with Crippen molar-refractivity contribution in [2.75, 3.05) is 7.11 Å². The van der Waals surface area contributed by atoms with E-state index in [2.05, 4.69) is 16.3 Å². The molecule has 0 saturated heterocycles. The molecule has 4 nitrogen and oxygen atoms in total. The van der Waals surface area contributed by atoms with E-state index in [1.165, 1.54) is 18.4 Å². The monoisotopic (exact) mass is 219 g/mol. The number of rotatable bonds is 3. The van der Waals surface area contributed by atoms with Crippen molar-refractivity contribution in [1.29, 1.82) is 0 Å². The lowest BCUT2D eigenvalue weighted by atomic mass is 9.93. The van der Waals surface area contributed by atoms with Gasteiger partial charge >= 0.3 is 0 Å². The van der Waals surface area contributed by atoms with E-state index in [4.69, 9.17) is 10.5 Å². The summed E-state index contributed by atoms with van der Waals surface area (Å²) in [6.07, 6.45) is 6.94. The molecule has 1 atom stereocenters. The van der Waals surface area contributed by atoms with Gasteiger partial charge in [0.05, 0.1) is 18.8 Å². The van der Waals surface area contributed by atoms with Crippen LogP contribution in [0, 0.1) is 0 Å². The van der Waals surface area contributed by atoms with Crippen LogP contribution in [0.5, 0.6) is 5.88 Å². The van der Waals surface area contributed by atoms with E-state index in [-0.39, 0.29) is 6.04 Å². The second-order valence-corrected chi connectivity index (χ2v) is 4.00. The van der Waals surface area contributed by atoms with Gasteiger partial charge < -0.3 is 10.5 Å². The molecule has 1 unspecified atom stereocenters. The summed E-state index contributed by atoms with van der Waals surface area (Å²) in [5, 5.41) is 8.02. The van der Waals surface area contributed by atoms with Gasteiger partial charge in [0.15, 0.2) is 0 Å². The summed E-state index contributed by atoms with van der Waals surface area (Å²) in [6, 6.07) is 3.57. The van der Waals surface area contributed by atoms with Crippen LogP contribution >= 0.6 is 0 Å². The van der Waals surface area contributed by atoms with Crippen molar-refractivity contribution in [2.24, 2.45) is 5.73 Å². The van der Waals surface area contributed by atoms with Crippen LogP contribution in [-0.4, -0.2) is 17.3 Å². The van der Waals surface area contributed by atoms with Crippen LogP contribution in [0.15, 0.2) is 23.8 Å². The van der Waals surface area contributed by atoms with Gasteiger partial charge in [0.1, 0.15) is 0 Å². The molecular weight excluding hydrogens is 202 g/mol. The number of methoxy groups -OCH3 is 1. The highest BCUT2D eigenvalue weighted by Crippen LogP contribution is 2.26. The first-order chi connectivity index (χ1) is 7.81. The van der Waals surface area contributed by atoms with Gasteiger partial charge in [-0.1, -0.05) is 11.6 Å². The molecule has 4 heteroatoms. The summed E-state index contributed by atoms with van der Waals surface area (Å²) < 4.78 is 4.97. The minimum absolute atomic E-state index is 0.112. The average Bonchev–Trinajstić information content (AvgIpc) is 2.39. The molecule has 1 aromatic heterocycles. The van der Waals surface area contributed by atoms with Crippen LogP contribution in [-0.2, 0) is 0 Å². The fraction of sp³-hybridized carbons (Fsp3) is 0.500. The van der Waals surface area contributed by atoms with E-state index in [1.807, 2.05) is 6.07 Å². The molecule has 86 valence electrons. The molecule has 1 aliphatic carbocycles. The molecule has 2 N–H and O–H groups in total. The second-order valence-electron chi connectivity index (χ2n) is 4.00. The molecule has 0 amide bonds. The third-order valence-electron chi connectivity index (χ3n) is 2.91. The molecule has 1 aliphatic rings. The molecule has 0 fully saturated rings. The van der Waals surface area contributed by atoms with Crippen molar-refractivity contribution < 1.29 is 4.74 Å². The molecule has 0 aromatic carbocycles. The van der Waals surface area contributed by atoms with E-state index in [9.17, 15) is 0 Å². The Balaban J connectivity index is 2.13. The summed E-state index contributed by atoms with van der Waals surface area (Å²) in [6.45, 7) is 0. The van der Waals surface area contributed by atoms with Gasteiger partial charge in [-0.05, 0) is 31.7 Å². The summed E-state index contributed by atoms with van der Waals surface area (Å²) in [5.41, 5.74) is 8.25. The molecule has 0 bridgehead atoms. The zero-order valence-corrected chi connectivity index (χ0v) is 9.52. The summed E-state index contributed by atoms with van der Waals surface area (Å²) in [4.78, 5) is 0. The highest BCUT2D eigenvalue weighted by atomic mass is 16.5. The largest absolute Gasteiger partial charge is 0.480 e. The van der Waals surface area contributed by atoms with Gasteiger partial charge in [-0.2, -0.15) is 0 Å². The zero-order chi connectivity index (χ0) is 11.4. The van der Waals surface area contributed by atoms with E-state index in [0.29, 0.717) is 5.88 Å². The fourth-order valence-corrected chi connectivity index (χ4v) is 1.94. The average molecular weight is 219 g/mol. The van der Waals surface area contributed by atoms with Crippen LogP contribution in [0.2, 0.25) is 0 Å². The number of hydrogen-bond acceptors (Lipinski definition) is 4. The molecule has 16 heavy (non-hydrogen) atoms. The standard InChI is InChI=1S/C12H17N3O/c1-16-11-8-7-10(14-15-11)12(13)9-5-3-2-4-6-9/h5,7-8,12H,2-4,6,13H2,1H3. The first-order valence-corrected chi connectivity index (χ1v) is 5.63. The quantitative estimate of drug-likeness (QED) is 0.790. The van der Waals surface area contributed by atoms with Crippen molar-refractivity contribution in [1.82, 2.24) is 10.2 Å². The maximum atomic E-state index is 6.15. The Labute approximate surface area is 95.5 Å². The van der Waals surface area contributed by atoms with Crippen LogP contribution in [0.3, 0.4) is 0 Å². The highest BCUT2D eigenvalue weighted by Gasteiger charge is 2.15. The Bertz CT molecular complexity index is 372. The first kappa shape index (κ1) is 11.1. The number of nitrogens with zero attached hydrogens (tertiary/aromatic N) is 2. The Morgan fingerprint density at radius 1 is 1.31 bits per heavy atom. The van der Waals surface area contributed by atoms with Crippen molar-refractivity contribution in [3.05, 3.63) is 29.5 Å². The number of hydrogen-bond donors (Lipinski definition) is 1. The lowest BCUT2D eigenvalue weighted by molar-refractivity contribution is 0.390. The third kappa shape index (κ3) is 2.39. The summed E-state index contributed by atoms with van der Waals surface area (Å²) >= 11 is 0. The SMILES string of the molecule is COc1ccc(C(N)C2=CCCCC2)nn1. The minimum Gasteiger partial charge on any atom is -0.480 e. The van der Waals surface area contributed by atoms with Crippen molar-refractivity contribution in [3.63, 3.8) is 0 Å². The maximum absolute atomic E-state index is 6.15. The van der Waals surface area contributed by atoms with Crippen LogP contribution in [0.4, 0.5) is 0 Å². The lowest BCUT2D eigenvalue weighted by Gasteiger charge is -2.18. The smallest absolute Gasteiger partial charge is 0.233 e. The van der Waals surface area contributed by atoms with E-state index in [1.54, 1.807) is 13.2 Å². The number of ether oxygens (including phenoxy) is 1. The number of nitrogens with two attached hydrogens (primary N) is 1. The predicted molar refractivity (Wildman–Crippen MR) is 62.1 cm³/mol. The van der Waals surface area contributed by atoms with Crippen molar-refractivity contribution in [2.45, 2.75) is 31.7 Å². The molecule has 0 spiro atoms. The Morgan fingerprint density at radius 3 is 2.75 bits per heavy atom. The highest BCUT2D eigenvalue weighted by molar-refractivity contribution is 5.23. The normalized spacial score (nSPS) is 17.8. The third-order valence-corrected chi connectivity index (χ3v) is 2.91. The first-order valence-electron chi connectivity index (χ1n) is 5.63. The molecule has 0 aliphatic heterocycles. The van der Waals surface area contributed by atoms with Gasteiger partial charge in [0.25, 0.3) is 0 Å². The fourth-order valence-electron chi connectivity index (χ4n) is 1.94. The second kappa shape index (κ2) is 5.07. The molecule has 1 aromatic rings. The lowest BCUT2D eigenvalue weighted by Crippen LogP contribution is -2.16. The zero-order valence-electron chi connectivity index (χ0n) is 9.52. The summed E-state index contributed by atoms with van der Waals surface area (Å²) in [5.74, 6) is 0.522. The van der Waals surface area contributed by atoms with Gasteiger partial charge in [0, 0.05) is 6.07 Å². The van der Waals surface area contributed by atoms with Crippen LogP contribution in [0.1, 0.15) is 37.4 Å². The van der Waals surface area contributed by atoms with Gasteiger partial charge in [-0.15, -0.1) is 10.2 Å². The van der Waals surface area contributed by atoms with E-state index >= 15 is 0 Å². The maximum Gasteiger partial charge on any atom is 0.233 e.